The van der Waals surface area contributed by atoms with E-state index in [-0.39, 0.29) is 0 Å². The lowest BCUT2D eigenvalue weighted by Crippen LogP contribution is -1.81. The first-order valence-corrected chi connectivity index (χ1v) is 6.10. The molecule has 0 atom stereocenters. The molecule has 0 bridgehead atoms. The minimum atomic E-state index is 0.625. The van der Waals surface area contributed by atoms with Crippen LogP contribution in [-0.2, 0) is 0 Å². The van der Waals surface area contributed by atoms with E-state index in [2.05, 4.69) is 20.9 Å². The van der Waals surface area contributed by atoms with Crippen LogP contribution in [0.25, 0.3) is 10.2 Å². The van der Waals surface area contributed by atoms with Crippen LogP contribution in [0.3, 0.4) is 0 Å². The Morgan fingerprint density at radius 2 is 2.00 bits per heavy atom. The first kappa shape index (κ1) is 11.5. The number of halogens is 1. The summed E-state index contributed by atoms with van der Waals surface area (Å²) >= 11 is 4.97. The summed E-state index contributed by atoms with van der Waals surface area (Å²) in [6.45, 7) is 6.04. The number of aryl methyl sites for hydroxylation is 1. The molecule has 0 unspecified atom stereocenters. The minimum absolute atomic E-state index is 0.625. The highest BCUT2D eigenvalue weighted by Crippen LogP contribution is 2.32. The number of benzene rings is 1. The molecule has 2 rings (SSSR count). The number of nitrogen functional groups attached to an aromatic ring is 1. The highest BCUT2D eigenvalue weighted by atomic mass is 79.9. The molecule has 14 heavy (non-hydrogen) atoms. The molecule has 1 aromatic carbocycles. The first-order chi connectivity index (χ1) is 6.68. The third-order valence-corrected chi connectivity index (χ3v) is 3.55. The highest BCUT2D eigenvalue weighted by molar-refractivity contribution is 9.10. The number of hydrogen-bond acceptors (Lipinski definition) is 3. The Hall–Kier alpha value is -0.610. The van der Waals surface area contributed by atoms with Crippen LogP contribution in [0.15, 0.2) is 16.6 Å². The van der Waals surface area contributed by atoms with E-state index < -0.39 is 0 Å². The molecular weight excluding hydrogens is 260 g/mol. The first-order valence-electron chi connectivity index (χ1n) is 4.49. The van der Waals surface area contributed by atoms with Crippen molar-refractivity contribution in [2.45, 2.75) is 20.8 Å². The molecule has 0 aliphatic rings. The van der Waals surface area contributed by atoms with E-state index in [1.54, 1.807) is 0 Å². The van der Waals surface area contributed by atoms with Gasteiger partial charge in [-0.3, -0.25) is 0 Å². The van der Waals surface area contributed by atoms with Gasteiger partial charge in [-0.2, -0.15) is 0 Å². The molecule has 0 amide bonds. The average Bonchev–Trinajstić information content (AvgIpc) is 2.58. The van der Waals surface area contributed by atoms with Gasteiger partial charge in [0.25, 0.3) is 0 Å². The summed E-state index contributed by atoms with van der Waals surface area (Å²) in [7, 11) is 0. The van der Waals surface area contributed by atoms with Gasteiger partial charge in [0.05, 0.1) is 10.2 Å². The Balaban J connectivity index is 0.000000461. The van der Waals surface area contributed by atoms with Crippen molar-refractivity contribution >= 4 is 42.6 Å². The monoisotopic (exact) mass is 272 g/mol. The van der Waals surface area contributed by atoms with Crippen LogP contribution in [0.2, 0.25) is 0 Å². The molecule has 0 spiro atoms. The largest absolute Gasteiger partial charge is 0.375 e. The van der Waals surface area contributed by atoms with E-state index in [9.17, 15) is 0 Å². The fourth-order valence-corrected chi connectivity index (χ4v) is 2.50. The molecule has 0 aliphatic carbocycles. The molecule has 0 saturated heterocycles. The fourth-order valence-electron chi connectivity index (χ4n) is 1.12. The fraction of sp³-hybridized carbons (Fsp3) is 0.300. The zero-order valence-corrected chi connectivity index (χ0v) is 10.9. The number of hydrogen-bond donors (Lipinski definition) is 1. The second kappa shape index (κ2) is 4.75. The zero-order valence-electron chi connectivity index (χ0n) is 8.47. The molecule has 0 saturated carbocycles. The van der Waals surface area contributed by atoms with E-state index in [1.807, 2.05) is 32.9 Å². The molecular formula is C10H13BrN2S. The Bertz CT molecular complexity index is 398. The van der Waals surface area contributed by atoms with Crippen molar-refractivity contribution in [3.05, 3.63) is 22.2 Å². The smallest absolute Gasteiger partial charge is 0.181 e. The lowest BCUT2D eigenvalue weighted by molar-refractivity contribution is 1.42. The van der Waals surface area contributed by atoms with Gasteiger partial charge >= 0.3 is 0 Å². The predicted molar refractivity (Wildman–Crippen MR) is 67.8 cm³/mol. The average molecular weight is 273 g/mol. The number of fused-ring (bicyclic) bond motifs is 1. The van der Waals surface area contributed by atoms with Gasteiger partial charge in [0.1, 0.15) is 0 Å². The van der Waals surface area contributed by atoms with Gasteiger partial charge in [-0.15, -0.1) is 0 Å². The maximum atomic E-state index is 5.61. The van der Waals surface area contributed by atoms with Crippen LogP contribution in [-0.4, -0.2) is 4.98 Å². The Morgan fingerprint density at radius 1 is 1.36 bits per heavy atom. The van der Waals surface area contributed by atoms with Gasteiger partial charge < -0.3 is 5.73 Å². The Morgan fingerprint density at radius 3 is 2.57 bits per heavy atom. The Kier molecular flexibility index (Phi) is 3.89. The van der Waals surface area contributed by atoms with Crippen molar-refractivity contribution in [1.82, 2.24) is 4.98 Å². The van der Waals surface area contributed by atoms with Crippen LogP contribution in [0.4, 0.5) is 5.13 Å². The lowest BCUT2D eigenvalue weighted by atomic mass is 10.2. The number of nitrogens with two attached hydrogens (primary N) is 1. The number of rotatable bonds is 0. The third-order valence-electron chi connectivity index (χ3n) is 1.71. The van der Waals surface area contributed by atoms with Gasteiger partial charge in [0, 0.05) is 4.47 Å². The van der Waals surface area contributed by atoms with Crippen LogP contribution in [0.5, 0.6) is 0 Å². The van der Waals surface area contributed by atoms with Gasteiger partial charge in [-0.05, 0) is 34.5 Å². The van der Waals surface area contributed by atoms with Crippen LogP contribution in [0, 0.1) is 6.92 Å². The van der Waals surface area contributed by atoms with Gasteiger partial charge in [0.2, 0.25) is 0 Å². The third kappa shape index (κ3) is 2.07. The zero-order chi connectivity index (χ0) is 10.7. The van der Waals surface area contributed by atoms with E-state index in [0.717, 1.165) is 14.7 Å². The van der Waals surface area contributed by atoms with Gasteiger partial charge in [0.15, 0.2) is 5.13 Å². The number of anilines is 1. The number of nitrogens with zero attached hydrogens (tertiary/aromatic N) is 1. The van der Waals surface area contributed by atoms with Crippen molar-refractivity contribution in [2.75, 3.05) is 5.73 Å². The maximum absolute atomic E-state index is 5.61. The van der Waals surface area contributed by atoms with Gasteiger partial charge in [-0.25, -0.2) is 4.98 Å². The lowest BCUT2D eigenvalue weighted by Gasteiger charge is -1.94. The van der Waals surface area contributed by atoms with Crippen molar-refractivity contribution in [3.63, 3.8) is 0 Å². The molecule has 2 N–H and O–H groups in total. The van der Waals surface area contributed by atoms with Crippen LogP contribution in [0.1, 0.15) is 19.4 Å². The van der Waals surface area contributed by atoms with E-state index in [1.165, 1.54) is 16.9 Å². The quantitative estimate of drug-likeness (QED) is 0.788. The molecule has 1 aromatic heterocycles. The van der Waals surface area contributed by atoms with Crippen molar-refractivity contribution in [2.24, 2.45) is 0 Å². The standard InChI is InChI=1S/C8H7BrN2S.C2H6/c1-4-2-3-5(9)7-6(4)11-8(10)12-7;1-2/h2-3H,1H3,(H2,10,11);1-2H3. The highest BCUT2D eigenvalue weighted by Gasteiger charge is 2.06. The summed E-state index contributed by atoms with van der Waals surface area (Å²) in [5.41, 5.74) is 7.79. The summed E-state index contributed by atoms with van der Waals surface area (Å²) < 4.78 is 2.20. The summed E-state index contributed by atoms with van der Waals surface area (Å²) in [5.74, 6) is 0. The summed E-state index contributed by atoms with van der Waals surface area (Å²) in [4.78, 5) is 4.24. The summed E-state index contributed by atoms with van der Waals surface area (Å²) in [6.07, 6.45) is 0. The van der Waals surface area contributed by atoms with Crippen molar-refractivity contribution in [1.29, 1.82) is 0 Å². The topological polar surface area (TPSA) is 38.9 Å². The SMILES string of the molecule is CC.Cc1ccc(Br)c2sc(N)nc12. The molecule has 1 heterocycles. The molecule has 2 aromatic rings. The molecule has 0 radical (unpaired) electrons. The van der Waals surface area contributed by atoms with Crippen LogP contribution < -0.4 is 5.73 Å². The molecule has 4 heteroatoms. The summed E-state index contributed by atoms with van der Waals surface area (Å²) in [5, 5.41) is 0.625. The van der Waals surface area contributed by atoms with Crippen molar-refractivity contribution in [3.8, 4) is 0 Å². The number of thiazole rings is 1. The normalized spacial score (nSPS) is 9.71. The maximum Gasteiger partial charge on any atom is 0.181 e. The molecule has 2 nitrogen and oxygen atoms in total. The second-order valence-electron chi connectivity index (χ2n) is 2.59. The Labute approximate surface area is 96.3 Å². The predicted octanol–water partition coefficient (Wildman–Crippen LogP) is 3.98. The summed E-state index contributed by atoms with van der Waals surface area (Å²) in [6, 6.07) is 4.06. The van der Waals surface area contributed by atoms with Crippen molar-refractivity contribution < 1.29 is 0 Å². The van der Waals surface area contributed by atoms with Crippen LogP contribution >= 0.6 is 27.3 Å². The molecule has 76 valence electrons. The minimum Gasteiger partial charge on any atom is -0.375 e. The number of aromatic nitrogens is 1. The van der Waals surface area contributed by atoms with E-state index >= 15 is 0 Å². The molecule has 0 fully saturated rings. The van der Waals surface area contributed by atoms with Gasteiger partial charge in [-0.1, -0.05) is 31.3 Å². The van der Waals surface area contributed by atoms with E-state index in [0.29, 0.717) is 5.13 Å². The molecule has 0 aliphatic heterocycles. The second-order valence-corrected chi connectivity index (χ2v) is 4.48. The van der Waals surface area contributed by atoms with E-state index in [4.69, 9.17) is 5.73 Å².